The highest BCUT2D eigenvalue weighted by Gasteiger charge is 2.20. The predicted molar refractivity (Wildman–Crippen MR) is 119 cm³/mol. The minimum atomic E-state index is -4.00. The molecule has 3 N–H and O–H groups in total. The lowest BCUT2D eigenvalue weighted by atomic mass is 9.98. The fourth-order valence-corrected chi connectivity index (χ4v) is 2.99. The van der Waals surface area contributed by atoms with Crippen LogP contribution in [0.1, 0.15) is 35.5 Å². The summed E-state index contributed by atoms with van der Waals surface area (Å²) in [5, 5.41) is 8.94. The molecule has 3 aromatic rings. The number of alkyl halides is 3. The van der Waals surface area contributed by atoms with Crippen molar-refractivity contribution in [3.63, 3.8) is 0 Å². The number of nitrogens with two attached hydrogens (primary N) is 1. The average molecular weight is 463 g/mol. The van der Waals surface area contributed by atoms with Crippen molar-refractivity contribution < 1.29 is 32.2 Å². The zero-order valence-corrected chi connectivity index (χ0v) is 18.5. The second-order valence-corrected chi connectivity index (χ2v) is 6.76. The van der Waals surface area contributed by atoms with E-state index in [-0.39, 0.29) is 24.2 Å². The van der Waals surface area contributed by atoms with Gasteiger partial charge in [0.25, 0.3) is 0 Å². The first-order chi connectivity index (χ1) is 15.5. The number of hydrogen-bond donors (Lipinski definition) is 2. The van der Waals surface area contributed by atoms with Crippen LogP contribution in [0.5, 0.6) is 17.2 Å². The molecule has 1 aromatic heterocycles. The van der Waals surface area contributed by atoms with Gasteiger partial charge in [-0.15, -0.1) is 0 Å². The van der Waals surface area contributed by atoms with Crippen LogP contribution in [0.15, 0.2) is 42.6 Å². The number of ether oxygens (including phenoxy) is 3. The number of aromatic nitrogens is 1. The fraction of sp³-hybridized carbons (Fsp3) is 0.261. The number of halogens is 3. The topological polar surface area (TPSA) is 108 Å². The van der Waals surface area contributed by atoms with E-state index in [9.17, 15) is 18.0 Å². The molecule has 0 aliphatic rings. The summed E-state index contributed by atoms with van der Waals surface area (Å²) < 4.78 is 47.3. The van der Waals surface area contributed by atoms with Gasteiger partial charge in [0.05, 0.1) is 20.8 Å². The Kier molecular flexibility index (Phi) is 8.22. The second kappa shape index (κ2) is 10.7. The van der Waals surface area contributed by atoms with Crippen LogP contribution in [0.25, 0.3) is 10.8 Å². The Morgan fingerprint density at radius 3 is 2.18 bits per heavy atom. The number of benzene rings is 2. The Hall–Kier alpha value is -3.82. The Bertz CT molecular complexity index is 1160. The molecule has 33 heavy (non-hydrogen) atoms. The lowest BCUT2D eigenvalue weighted by molar-refractivity contribution is -0.110. The van der Waals surface area contributed by atoms with E-state index in [1.165, 1.54) is 20.4 Å². The van der Waals surface area contributed by atoms with Crippen LogP contribution >= 0.6 is 0 Å². The quantitative estimate of drug-likeness (QED) is 0.298. The molecule has 0 fully saturated rings. The summed E-state index contributed by atoms with van der Waals surface area (Å²) in [4.78, 5) is 17.5. The SMILES string of the molecule is CC(F)(F)F.CCOc1cccc(C(=O)c2ncc(C(=N)N)c3cc(OC)c(OC)cc23)c1. The molecule has 176 valence electrons. The maximum atomic E-state index is 13.2. The number of carbonyl (C=O) groups excluding carboxylic acids is 1. The molecule has 0 saturated carbocycles. The van der Waals surface area contributed by atoms with Crippen LogP contribution in [-0.2, 0) is 0 Å². The normalized spacial score (nSPS) is 10.8. The largest absolute Gasteiger partial charge is 0.494 e. The van der Waals surface area contributed by atoms with Crippen LogP contribution in [0.4, 0.5) is 13.2 Å². The van der Waals surface area contributed by atoms with Crippen LogP contribution in [0, 0.1) is 5.41 Å². The van der Waals surface area contributed by atoms with Gasteiger partial charge in [-0.25, -0.2) is 0 Å². The van der Waals surface area contributed by atoms with Crippen molar-refractivity contribution in [3.05, 3.63) is 59.4 Å². The van der Waals surface area contributed by atoms with Crippen molar-refractivity contribution >= 4 is 22.4 Å². The van der Waals surface area contributed by atoms with Gasteiger partial charge in [0.2, 0.25) is 5.78 Å². The highest BCUT2D eigenvalue weighted by atomic mass is 19.4. The first kappa shape index (κ1) is 25.4. The number of rotatable bonds is 7. The molecule has 0 radical (unpaired) electrons. The van der Waals surface area contributed by atoms with Gasteiger partial charge in [0, 0.05) is 35.0 Å². The Balaban J connectivity index is 0.000000696. The summed E-state index contributed by atoms with van der Waals surface area (Å²) in [7, 11) is 3.03. The molecule has 0 unspecified atom stereocenters. The fourth-order valence-electron chi connectivity index (χ4n) is 2.99. The van der Waals surface area contributed by atoms with Gasteiger partial charge >= 0.3 is 6.18 Å². The van der Waals surface area contributed by atoms with E-state index in [4.69, 9.17) is 25.4 Å². The average Bonchev–Trinajstić information content (AvgIpc) is 2.76. The molecule has 10 heteroatoms. The third-order valence-electron chi connectivity index (χ3n) is 4.30. The van der Waals surface area contributed by atoms with Crippen LogP contribution < -0.4 is 19.9 Å². The Labute approximate surface area is 188 Å². The lowest BCUT2D eigenvalue weighted by Crippen LogP contribution is -2.14. The molecular formula is C23H24F3N3O4. The van der Waals surface area contributed by atoms with Crippen molar-refractivity contribution in [3.8, 4) is 17.2 Å². The predicted octanol–water partition coefficient (Wildman–Crippen LogP) is 4.73. The van der Waals surface area contributed by atoms with Crippen molar-refractivity contribution in [1.82, 2.24) is 4.98 Å². The number of methoxy groups -OCH3 is 2. The molecular weight excluding hydrogens is 439 g/mol. The monoisotopic (exact) mass is 463 g/mol. The van der Waals surface area contributed by atoms with Crippen molar-refractivity contribution in [2.75, 3.05) is 20.8 Å². The molecule has 0 aliphatic carbocycles. The molecule has 7 nitrogen and oxygen atoms in total. The molecule has 2 aromatic carbocycles. The summed E-state index contributed by atoms with van der Waals surface area (Å²) in [6.45, 7) is 2.57. The number of ketones is 1. The van der Waals surface area contributed by atoms with E-state index >= 15 is 0 Å². The number of nitrogens with zero attached hydrogens (tertiary/aromatic N) is 1. The molecule has 0 atom stereocenters. The number of hydrogen-bond acceptors (Lipinski definition) is 6. The zero-order valence-electron chi connectivity index (χ0n) is 18.5. The van der Waals surface area contributed by atoms with Crippen LogP contribution in [0.2, 0.25) is 0 Å². The van der Waals surface area contributed by atoms with E-state index in [0.717, 1.165) is 0 Å². The van der Waals surface area contributed by atoms with Gasteiger partial charge in [-0.3, -0.25) is 15.2 Å². The summed E-state index contributed by atoms with van der Waals surface area (Å²) in [6, 6.07) is 10.3. The number of amidine groups is 1. The highest BCUT2D eigenvalue weighted by molar-refractivity contribution is 6.18. The van der Waals surface area contributed by atoms with E-state index < -0.39 is 6.18 Å². The Morgan fingerprint density at radius 1 is 1.09 bits per heavy atom. The van der Waals surface area contributed by atoms with E-state index in [0.29, 0.717) is 45.8 Å². The Morgan fingerprint density at radius 2 is 1.67 bits per heavy atom. The van der Waals surface area contributed by atoms with Gasteiger partial charge in [0.15, 0.2) is 11.5 Å². The zero-order chi connectivity index (χ0) is 24.8. The minimum Gasteiger partial charge on any atom is -0.494 e. The molecule has 0 aliphatic heterocycles. The number of nitrogen functional groups attached to an aromatic ring is 1. The van der Waals surface area contributed by atoms with E-state index in [1.54, 1.807) is 36.4 Å². The third-order valence-corrected chi connectivity index (χ3v) is 4.30. The maximum Gasteiger partial charge on any atom is 0.386 e. The number of carbonyl (C=O) groups is 1. The molecule has 0 saturated heterocycles. The summed E-state index contributed by atoms with van der Waals surface area (Å²) in [6.07, 6.45) is -2.57. The first-order valence-electron chi connectivity index (χ1n) is 9.73. The maximum absolute atomic E-state index is 13.2. The van der Waals surface area contributed by atoms with Crippen LogP contribution in [-0.4, -0.2) is 43.6 Å². The van der Waals surface area contributed by atoms with E-state index in [2.05, 4.69) is 4.98 Å². The molecule has 0 amide bonds. The van der Waals surface area contributed by atoms with Crippen LogP contribution in [0.3, 0.4) is 0 Å². The van der Waals surface area contributed by atoms with Crippen molar-refractivity contribution in [2.45, 2.75) is 20.0 Å². The summed E-state index contributed by atoms with van der Waals surface area (Å²) >= 11 is 0. The van der Waals surface area contributed by atoms with Gasteiger partial charge in [-0.05, 0) is 31.2 Å². The minimum absolute atomic E-state index is 0.151. The summed E-state index contributed by atoms with van der Waals surface area (Å²) in [5.41, 5.74) is 6.80. The number of nitrogens with one attached hydrogen (secondary N) is 1. The third kappa shape index (κ3) is 6.58. The van der Waals surface area contributed by atoms with Gasteiger partial charge < -0.3 is 19.9 Å². The van der Waals surface area contributed by atoms with Crippen molar-refractivity contribution in [1.29, 1.82) is 5.41 Å². The molecule has 0 spiro atoms. The van der Waals surface area contributed by atoms with Gasteiger partial charge in [0.1, 0.15) is 17.3 Å². The molecule has 3 rings (SSSR count). The lowest BCUT2D eigenvalue weighted by Gasteiger charge is -2.14. The van der Waals surface area contributed by atoms with Crippen molar-refractivity contribution in [2.24, 2.45) is 5.73 Å². The molecule has 0 bridgehead atoms. The smallest absolute Gasteiger partial charge is 0.386 e. The van der Waals surface area contributed by atoms with Gasteiger partial charge in [-0.1, -0.05) is 12.1 Å². The molecule has 1 heterocycles. The highest BCUT2D eigenvalue weighted by Crippen LogP contribution is 2.35. The van der Waals surface area contributed by atoms with Gasteiger partial charge in [-0.2, -0.15) is 13.2 Å². The second-order valence-electron chi connectivity index (χ2n) is 6.76. The number of pyridine rings is 1. The standard InChI is InChI=1S/C21H21N3O4.C2H3F3/c1-4-28-13-7-5-6-12(8-13)20(25)19-15-10-18(27-3)17(26-2)9-14(15)16(11-24-19)21(22)23;1-2(3,4)5/h5-11H,4H2,1-3H3,(H3,22,23);1H3. The first-order valence-corrected chi connectivity index (χ1v) is 9.73. The van der Waals surface area contributed by atoms with E-state index in [1.807, 2.05) is 6.92 Å². The summed E-state index contributed by atoms with van der Waals surface area (Å²) in [5.74, 6) is 1.11. The number of fused-ring (bicyclic) bond motifs is 1.